The second-order valence-electron chi connectivity index (χ2n) is 4.03. The van der Waals surface area contributed by atoms with Gasteiger partial charge in [-0.3, -0.25) is 0 Å². The fourth-order valence-electron chi connectivity index (χ4n) is 1.46. The SMILES string of the molecule is C.Cc1nn(-c2cc(S)ccc2Cl)cc1N.Nc1nnco1. The fourth-order valence-corrected chi connectivity index (χ4v) is 1.86. The Morgan fingerprint density at radius 2 is 2.05 bits per heavy atom. The molecule has 0 saturated heterocycles. The lowest BCUT2D eigenvalue weighted by molar-refractivity contribution is 0.574. The number of thiol groups is 1. The average molecular weight is 341 g/mol. The molecule has 0 bridgehead atoms. The van der Waals surface area contributed by atoms with Crippen molar-refractivity contribution in [1.29, 1.82) is 0 Å². The van der Waals surface area contributed by atoms with Gasteiger partial charge in [-0.1, -0.05) is 24.1 Å². The average Bonchev–Trinajstić information content (AvgIpc) is 3.04. The van der Waals surface area contributed by atoms with Gasteiger partial charge in [0.1, 0.15) is 0 Å². The van der Waals surface area contributed by atoms with Crippen LogP contribution < -0.4 is 11.5 Å². The van der Waals surface area contributed by atoms with Crippen LogP contribution in [-0.4, -0.2) is 20.0 Å². The number of nitrogens with two attached hydrogens (primary N) is 2. The van der Waals surface area contributed by atoms with Crippen molar-refractivity contribution in [3.63, 3.8) is 0 Å². The summed E-state index contributed by atoms with van der Waals surface area (Å²) in [6.07, 6.45) is 2.92. The van der Waals surface area contributed by atoms with E-state index in [1.807, 2.05) is 19.1 Å². The monoisotopic (exact) mass is 340 g/mol. The number of aromatic nitrogens is 4. The van der Waals surface area contributed by atoms with Crippen molar-refractivity contribution < 1.29 is 4.42 Å². The molecule has 9 heteroatoms. The van der Waals surface area contributed by atoms with Crippen LogP contribution >= 0.6 is 24.2 Å². The van der Waals surface area contributed by atoms with Crippen molar-refractivity contribution in [2.24, 2.45) is 0 Å². The zero-order valence-corrected chi connectivity index (χ0v) is 12.7. The first kappa shape index (κ1) is 17.9. The molecule has 0 atom stereocenters. The van der Waals surface area contributed by atoms with Crippen molar-refractivity contribution in [3.05, 3.63) is 41.5 Å². The number of aryl methyl sites for hydroxylation is 1. The highest BCUT2D eigenvalue weighted by Gasteiger charge is 2.07. The van der Waals surface area contributed by atoms with E-state index in [-0.39, 0.29) is 13.4 Å². The van der Waals surface area contributed by atoms with Crippen LogP contribution in [-0.2, 0) is 0 Å². The standard InChI is InChI=1S/C10H10ClN3S.C2H3N3O.CH4/c1-6-9(12)5-14(13-6)10-4-7(15)2-3-8(10)11;3-2-5-4-1-6-2;/h2-5,15H,12H2,1H3;1H,(H2,3,5);1H4. The van der Waals surface area contributed by atoms with Crippen LogP contribution in [0.3, 0.4) is 0 Å². The molecule has 2 heterocycles. The van der Waals surface area contributed by atoms with E-state index in [1.54, 1.807) is 16.9 Å². The minimum absolute atomic E-state index is 0. The molecule has 22 heavy (non-hydrogen) atoms. The highest BCUT2D eigenvalue weighted by Crippen LogP contribution is 2.24. The molecule has 0 fully saturated rings. The third-order valence-electron chi connectivity index (χ3n) is 2.49. The summed E-state index contributed by atoms with van der Waals surface area (Å²) in [7, 11) is 0. The predicted octanol–water partition coefficient (Wildman–Crippen LogP) is 2.99. The molecule has 3 aromatic rings. The smallest absolute Gasteiger partial charge is 0.312 e. The molecule has 7 nitrogen and oxygen atoms in total. The van der Waals surface area contributed by atoms with Gasteiger partial charge in [-0.2, -0.15) is 5.10 Å². The van der Waals surface area contributed by atoms with Gasteiger partial charge in [-0.05, 0) is 25.1 Å². The molecule has 0 aliphatic rings. The summed E-state index contributed by atoms with van der Waals surface area (Å²) in [5, 5.41) is 11.4. The van der Waals surface area contributed by atoms with Gasteiger partial charge < -0.3 is 15.9 Å². The molecule has 0 aliphatic carbocycles. The Hall–Kier alpha value is -2.19. The molecule has 118 valence electrons. The Bertz CT molecular complexity index is 709. The maximum atomic E-state index is 6.06. The van der Waals surface area contributed by atoms with E-state index in [2.05, 4.69) is 32.3 Å². The number of anilines is 2. The lowest BCUT2D eigenvalue weighted by atomic mass is 10.3. The Morgan fingerprint density at radius 1 is 1.32 bits per heavy atom. The van der Waals surface area contributed by atoms with E-state index in [1.165, 1.54) is 6.39 Å². The van der Waals surface area contributed by atoms with Crippen molar-refractivity contribution in [3.8, 4) is 5.69 Å². The van der Waals surface area contributed by atoms with Crippen LogP contribution in [0.2, 0.25) is 5.02 Å². The zero-order valence-electron chi connectivity index (χ0n) is 11.1. The molecule has 0 radical (unpaired) electrons. The second-order valence-corrected chi connectivity index (χ2v) is 4.95. The molecule has 3 rings (SSSR count). The number of hydrogen-bond donors (Lipinski definition) is 3. The first-order valence-corrected chi connectivity index (χ1v) is 6.62. The Balaban J connectivity index is 0.000000293. The summed E-state index contributed by atoms with van der Waals surface area (Å²) in [5.41, 5.74) is 12.9. The number of rotatable bonds is 1. The molecule has 1 aromatic carbocycles. The van der Waals surface area contributed by atoms with Crippen molar-refractivity contribution in [2.75, 3.05) is 11.5 Å². The summed E-state index contributed by atoms with van der Waals surface area (Å²) in [6, 6.07) is 5.56. The minimum Gasteiger partial charge on any atom is -0.411 e. The summed E-state index contributed by atoms with van der Waals surface area (Å²) >= 11 is 10.3. The number of nitrogen functional groups attached to an aromatic ring is 2. The van der Waals surface area contributed by atoms with Crippen molar-refractivity contribution >= 4 is 35.9 Å². The van der Waals surface area contributed by atoms with Crippen LogP contribution in [0.5, 0.6) is 0 Å². The molecule has 4 N–H and O–H groups in total. The lowest BCUT2D eigenvalue weighted by Gasteiger charge is -2.04. The molecule has 2 aromatic heterocycles. The molecule has 0 aliphatic heterocycles. The highest BCUT2D eigenvalue weighted by molar-refractivity contribution is 7.80. The summed E-state index contributed by atoms with van der Waals surface area (Å²) in [4.78, 5) is 0.834. The van der Waals surface area contributed by atoms with Gasteiger partial charge in [-0.25, -0.2) is 4.68 Å². The summed E-state index contributed by atoms with van der Waals surface area (Å²) in [5.74, 6) is 0. The van der Waals surface area contributed by atoms with Gasteiger partial charge in [-0.15, -0.1) is 17.7 Å². The molecule has 0 saturated carbocycles. The predicted molar refractivity (Wildman–Crippen MR) is 90.4 cm³/mol. The van der Waals surface area contributed by atoms with Gasteiger partial charge >= 0.3 is 6.01 Å². The normalized spacial score (nSPS) is 9.59. The van der Waals surface area contributed by atoms with Crippen LogP contribution in [0.25, 0.3) is 5.69 Å². The quantitative estimate of drug-likeness (QED) is 0.587. The van der Waals surface area contributed by atoms with Crippen LogP contribution in [0.15, 0.2) is 40.1 Å². The molecule has 0 amide bonds. The molecule has 0 spiro atoms. The van der Waals surface area contributed by atoms with Crippen molar-refractivity contribution in [2.45, 2.75) is 19.2 Å². The first-order chi connectivity index (χ1) is 9.97. The summed E-state index contributed by atoms with van der Waals surface area (Å²) in [6.45, 7) is 1.85. The Labute approximate surface area is 138 Å². The van der Waals surface area contributed by atoms with E-state index in [0.717, 1.165) is 16.3 Å². The Kier molecular flexibility index (Phi) is 6.26. The zero-order chi connectivity index (χ0) is 15.4. The van der Waals surface area contributed by atoms with Gasteiger partial charge in [0.25, 0.3) is 0 Å². The minimum atomic E-state index is 0. The van der Waals surface area contributed by atoms with Crippen LogP contribution in [0.4, 0.5) is 11.7 Å². The van der Waals surface area contributed by atoms with Crippen LogP contribution in [0, 0.1) is 6.92 Å². The topological polar surface area (TPSA) is 109 Å². The number of benzene rings is 1. The fraction of sp³-hybridized carbons (Fsp3) is 0.154. The first-order valence-electron chi connectivity index (χ1n) is 5.79. The van der Waals surface area contributed by atoms with Gasteiger partial charge in [0, 0.05) is 4.90 Å². The third kappa shape index (κ3) is 4.40. The Morgan fingerprint density at radius 3 is 2.50 bits per heavy atom. The van der Waals surface area contributed by atoms with Gasteiger partial charge in [0.15, 0.2) is 0 Å². The van der Waals surface area contributed by atoms with Crippen molar-refractivity contribution in [1.82, 2.24) is 20.0 Å². The van der Waals surface area contributed by atoms with Gasteiger partial charge in [0.05, 0.1) is 28.3 Å². The number of hydrogen-bond acceptors (Lipinski definition) is 7. The highest BCUT2D eigenvalue weighted by atomic mass is 35.5. The van der Waals surface area contributed by atoms with E-state index < -0.39 is 0 Å². The maximum absolute atomic E-state index is 6.06. The van der Waals surface area contributed by atoms with E-state index in [4.69, 9.17) is 23.1 Å². The molecular formula is C13H17ClN6OS. The van der Waals surface area contributed by atoms with E-state index >= 15 is 0 Å². The number of halogens is 1. The molecule has 0 unspecified atom stereocenters. The maximum Gasteiger partial charge on any atom is 0.312 e. The number of nitrogens with zero attached hydrogens (tertiary/aromatic N) is 4. The van der Waals surface area contributed by atoms with E-state index in [0.29, 0.717) is 10.7 Å². The second kappa shape index (κ2) is 7.71. The van der Waals surface area contributed by atoms with Gasteiger partial charge in [0.2, 0.25) is 6.39 Å². The summed E-state index contributed by atoms with van der Waals surface area (Å²) < 4.78 is 6.05. The van der Waals surface area contributed by atoms with Crippen LogP contribution in [0.1, 0.15) is 13.1 Å². The molecular weight excluding hydrogens is 324 g/mol. The third-order valence-corrected chi connectivity index (χ3v) is 3.09. The largest absolute Gasteiger partial charge is 0.411 e. The van der Waals surface area contributed by atoms with E-state index in [9.17, 15) is 0 Å². The lowest BCUT2D eigenvalue weighted by Crippen LogP contribution is -1.95.